The van der Waals surface area contributed by atoms with Crippen molar-refractivity contribution in [3.05, 3.63) is 23.8 Å². The van der Waals surface area contributed by atoms with E-state index in [9.17, 15) is 4.79 Å². The SMILES string of the molecule is CC(=O)ONc1ccc(C)c(N)c1. The van der Waals surface area contributed by atoms with E-state index in [0.717, 1.165) is 5.56 Å². The summed E-state index contributed by atoms with van der Waals surface area (Å²) >= 11 is 0. The third kappa shape index (κ3) is 2.66. The standard InChI is InChI=1S/C9H12N2O2/c1-6-3-4-8(5-9(6)10)11-13-7(2)12/h3-5,11H,10H2,1-2H3. The van der Waals surface area contributed by atoms with Crippen LogP contribution >= 0.6 is 0 Å². The summed E-state index contributed by atoms with van der Waals surface area (Å²) in [4.78, 5) is 15.0. The molecule has 0 heterocycles. The predicted molar refractivity (Wildman–Crippen MR) is 51.0 cm³/mol. The Morgan fingerprint density at radius 3 is 2.77 bits per heavy atom. The molecule has 3 N–H and O–H groups in total. The topological polar surface area (TPSA) is 64.3 Å². The molecule has 0 aliphatic heterocycles. The molecule has 0 aromatic heterocycles. The third-order valence-corrected chi connectivity index (χ3v) is 1.59. The van der Waals surface area contributed by atoms with E-state index in [0.29, 0.717) is 11.4 Å². The van der Waals surface area contributed by atoms with Gasteiger partial charge in [-0.15, -0.1) is 0 Å². The lowest BCUT2D eigenvalue weighted by Gasteiger charge is -2.06. The van der Waals surface area contributed by atoms with Crippen LogP contribution in [0.3, 0.4) is 0 Å². The maximum absolute atomic E-state index is 10.5. The molecule has 0 bridgehead atoms. The van der Waals surface area contributed by atoms with Gasteiger partial charge in [-0.05, 0) is 24.6 Å². The number of carbonyl (C=O) groups is 1. The Balaban J connectivity index is 2.68. The lowest BCUT2D eigenvalue weighted by molar-refractivity contribution is -0.138. The van der Waals surface area contributed by atoms with Crippen molar-refractivity contribution in [1.82, 2.24) is 0 Å². The normalized spacial score (nSPS) is 9.38. The van der Waals surface area contributed by atoms with Crippen molar-refractivity contribution in [2.75, 3.05) is 11.2 Å². The largest absolute Gasteiger partial charge is 0.398 e. The van der Waals surface area contributed by atoms with Gasteiger partial charge in [-0.1, -0.05) is 6.07 Å². The molecule has 0 aliphatic rings. The highest BCUT2D eigenvalue weighted by Gasteiger charge is 1.97. The number of nitrogen functional groups attached to an aromatic ring is 1. The van der Waals surface area contributed by atoms with Crippen molar-refractivity contribution in [2.45, 2.75) is 13.8 Å². The van der Waals surface area contributed by atoms with Crippen molar-refractivity contribution in [3.8, 4) is 0 Å². The Bertz CT molecular complexity index is 323. The van der Waals surface area contributed by atoms with E-state index in [4.69, 9.17) is 5.73 Å². The number of carbonyl (C=O) groups excluding carboxylic acids is 1. The minimum atomic E-state index is -0.390. The Morgan fingerprint density at radius 1 is 1.54 bits per heavy atom. The summed E-state index contributed by atoms with van der Waals surface area (Å²) in [6.45, 7) is 3.23. The second-order valence-corrected chi connectivity index (χ2v) is 2.77. The first kappa shape index (κ1) is 9.38. The molecule has 0 atom stereocenters. The molecule has 0 fully saturated rings. The molecule has 1 rings (SSSR count). The van der Waals surface area contributed by atoms with Gasteiger partial charge in [-0.3, -0.25) is 4.79 Å². The van der Waals surface area contributed by atoms with Crippen LogP contribution in [0.1, 0.15) is 12.5 Å². The molecular weight excluding hydrogens is 168 g/mol. The molecule has 4 nitrogen and oxygen atoms in total. The first-order valence-electron chi connectivity index (χ1n) is 3.89. The highest BCUT2D eigenvalue weighted by atomic mass is 16.7. The van der Waals surface area contributed by atoms with E-state index in [1.54, 1.807) is 12.1 Å². The van der Waals surface area contributed by atoms with Crippen LogP contribution in [0.15, 0.2) is 18.2 Å². The third-order valence-electron chi connectivity index (χ3n) is 1.59. The summed E-state index contributed by atoms with van der Waals surface area (Å²) in [5.41, 5.74) is 10.5. The molecule has 0 spiro atoms. The highest BCUT2D eigenvalue weighted by molar-refractivity contribution is 5.68. The van der Waals surface area contributed by atoms with Gasteiger partial charge in [0.15, 0.2) is 0 Å². The Hall–Kier alpha value is -1.71. The summed E-state index contributed by atoms with van der Waals surface area (Å²) in [5, 5.41) is 0. The fourth-order valence-electron chi connectivity index (χ4n) is 0.835. The average Bonchev–Trinajstić information content (AvgIpc) is 2.07. The predicted octanol–water partition coefficient (Wildman–Crippen LogP) is 1.47. The van der Waals surface area contributed by atoms with Crippen molar-refractivity contribution in [3.63, 3.8) is 0 Å². The number of rotatable bonds is 2. The zero-order chi connectivity index (χ0) is 9.84. The van der Waals surface area contributed by atoms with Gasteiger partial charge in [0.05, 0.1) is 5.69 Å². The maximum Gasteiger partial charge on any atom is 0.329 e. The van der Waals surface area contributed by atoms with E-state index in [-0.39, 0.29) is 5.97 Å². The van der Waals surface area contributed by atoms with Crippen LogP contribution < -0.4 is 11.2 Å². The molecule has 4 heteroatoms. The van der Waals surface area contributed by atoms with Gasteiger partial charge in [-0.2, -0.15) is 0 Å². The second kappa shape index (κ2) is 3.80. The van der Waals surface area contributed by atoms with Crippen LogP contribution in [-0.2, 0) is 9.63 Å². The molecule has 0 unspecified atom stereocenters. The fourth-order valence-corrected chi connectivity index (χ4v) is 0.835. The average molecular weight is 180 g/mol. The molecule has 0 saturated heterocycles. The minimum absolute atomic E-state index is 0.390. The van der Waals surface area contributed by atoms with Crippen molar-refractivity contribution < 1.29 is 9.63 Å². The lowest BCUT2D eigenvalue weighted by atomic mass is 10.2. The molecule has 1 aromatic rings. The molecule has 0 amide bonds. The van der Waals surface area contributed by atoms with Crippen LogP contribution in [0.2, 0.25) is 0 Å². The van der Waals surface area contributed by atoms with Gasteiger partial charge >= 0.3 is 5.97 Å². The smallest absolute Gasteiger partial charge is 0.329 e. The Morgan fingerprint density at radius 2 is 2.23 bits per heavy atom. The van der Waals surface area contributed by atoms with Gasteiger partial charge in [0.2, 0.25) is 0 Å². The van der Waals surface area contributed by atoms with Crippen molar-refractivity contribution >= 4 is 17.3 Å². The zero-order valence-electron chi connectivity index (χ0n) is 7.63. The summed E-state index contributed by atoms with van der Waals surface area (Å²) in [7, 11) is 0. The number of hydrogen-bond acceptors (Lipinski definition) is 4. The van der Waals surface area contributed by atoms with E-state index in [1.807, 2.05) is 13.0 Å². The molecule has 13 heavy (non-hydrogen) atoms. The van der Waals surface area contributed by atoms with E-state index in [2.05, 4.69) is 10.3 Å². The number of hydrogen-bond donors (Lipinski definition) is 2. The monoisotopic (exact) mass is 180 g/mol. The number of nitrogens with one attached hydrogen (secondary N) is 1. The van der Waals surface area contributed by atoms with Crippen LogP contribution in [0.4, 0.5) is 11.4 Å². The van der Waals surface area contributed by atoms with Crippen molar-refractivity contribution in [1.29, 1.82) is 0 Å². The van der Waals surface area contributed by atoms with Gasteiger partial charge in [0.1, 0.15) is 0 Å². The summed E-state index contributed by atoms with van der Waals surface area (Å²) < 4.78 is 0. The Kier molecular flexibility index (Phi) is 2.74. The number of aryl methyl sites for hydroxylation is 1. The number of nitrogens with two attached hydrogens (primary N) is 1. The molecule has 1 aromatic carbocycles. The van der Waals surface area contributed by atoms with E-state index >= 15 is 0 Å². The second-order valence-electron chi connectivity index (χ2n) is 2.77. The number of anilines is 2. The minimum Gasteiger partial charge on any atom is -0.398 e. The number of benzene rings is 1. The molecule has 0 aliphatic carbocycles. The quantitative estimate of drug-likeness (QED) is 0.534. The van der Waals surface area contributed by atoms with E-state index < -0.39 is 0 Å². The summed E-state index contributed by atoms with van der Waals surface area (Å²) in [5.74, 6) is -0.390. The molecule has 70 valence electrons. The van der Waals surface area contributed by atoms with Crippen LogP contribution in [0.5, 0.6) is 0 Å². The van der Waals surface area contributed by atoms with Crippen LogP contribution in [0, 0.1) is 6.92 Å². The van der Waals surface area contributed by atoms with Gasteiger partial charge in [-0.25, -0.2) is 5.48 Å². The summed E-state index contributed by atoms with van der Waals surface area (Å²) in [6, 6.07) is 5.34. The fraction of sp³-hybridized carbons (Fsp3) is 0.222. The summed E-state index contributed by atoms with van der Waals surface area (Å²) in [6.07, 6.45) is 0. The molecule has 0 saturated carbocycles. The molecule has 0 radical (unpaired) electrons. The maximum atomic E-state index is 10.5. The van der Waals surface area contributed by atoms with E-state index in [1.165, 1.54) is 6.92 Å². The van der Waals surface area contributed by atoms with Gasteiger partial charge in [0.25, 0.3) is 0 Å². The van der Waals surface area contributed by atoms with Crippen molar-refractivity contribution in [2.24, 2.45) is 0 Å². The Labute approximate surface area is 76.6 Å². The zero-order valence-corrected chi connectivity index (χ0v) is 7.63. The van der Waals surface area contributed by atoms with Gasteiger partial charge < -0.3 is 10.6 Å². The van der Waals surface area contributed by atoms with Gasteiger partial charge in [0, 0.05) is 12.6 Å². The molecular formula is C9H12N2O2. The van der Waals surface area contributed by atoms with Crippen LogP contribution in [0.25, 0.3) is 0 Å². The lowest BCUT2D eigenvalue weighted by Crippen LogP contribution is -2.06. The van der Waals surface area contributed by atoms with Crippen LogP contribution in [-0.4, -0.2) is 5.97 Å². The highest BCUT2D eigenvalue weighted by Crippen LogP contribution is 2.16. The first-order chi connectivity index (χ1) is 6.09. The first-order valence-corrected chi connectivity index (χ1v) is 3.89.